The van der Waals surface area contributed by atoms with Crippen molar-refractivity contribution in [2.24, 2.45) is 17.2 Å². The lowest BCUT2D eigenvalue weighted by molar-refractivity contribution is -0.122. The van der Waals surface area contributed by atoms with E-state index in [4.69, 9.17) is 14.3 Å². The summed E-state index contributed by atoms with van der Waals surface area (Å²) in [5.41, 5.74) is 1.47. The van der Waals surface area contributed by atoms with E-state index in [0.29, 0.717) is 22.0 Å². The second-order valence-corrected chi connectivity index (χ2v) is 5.69. The van der Waals surface area contributed by atoms with Crippen LogP contribution in [0.15, 0.2) is 39.9 Å². The maximum atomic E-state index is 11.7. The predicted molar refractivity (Wildman–Crippen MR) is 84.6 cm³/mol. The van der Waals surface area contributed by atoms with Gasteiger partial charge in [-0.25, -0.2) is 0 Å². The number of hydrogen-bond acceptors (Lipinski definition) is 6. The number of aromatic nitrogens is 1. The number of carbonyl (C=O) groups is 1. The van der Waals surface area contributed by atoms with E-state index in [-0.39, 0.29) is 19.3 Å². The van der Waals surface area contributed by atoms with Crippen LogP contribution in [0.4, 0.5) is 0 Å². The number of benzene rings is 1. The number of aryl methyl sites for hydroxylation is 1. The number of ether oxygens (including phenoxy) is 2. The fourth-order valence-corrected chi connectivity index (χ4v) is 2.68. The smallest absolute Gasteiger partial charge is 0.289 e. The average Bonchev–Trinajstić information content (AvgIpc) is 3.15. The van der Waals surface area contributed by atoms with Crippen molar-refractivity contribution in [3.8, 4) is 11.5 Å². The van der Waals surface area contributed by atoms with Crippen molar-refractivity contribution in [2.45, 2.75) is 6.92 Å². The number of hydrogen-bond donors (Lipinski definition) is 0. The topological polar surface area (TPSA) is 74.4 Å². The molecule has 0 atom stereocenters. The van der Waals surface area contributed by atoms with Gasteiger partial charge in [0.05, 0.1) is 5.71 Å². The lowest BCUT2D eigenvalue weighted by atomic mass is 10.1. The van der Waals surface area contributed by atoms with Gasteiger partial charge in [-0.2, -0.15) is 4.99 Å². The van der Waals surface area contributed by atoms with Gasteiger partial charge in [0.2, 0.25) is 6.79 Å². The van der Waals surface area contributed by atoms with Crippen LogP contribution in [0.25, 0.3) is 0 Å². The van der Waals surface area contributed by atoms with Crippen molar-refractivity contribution in [1.82, 2.24) is 4.57 Å². The number of thiazole rings is 1. The fraction of sp³-hybridized carbons (Fsp3) is 0.267. The Hall–Kier alpha value is -2.61. The van der Waals surface area contributed by atoms with E-state index in [2.05, 4.69) is 10.1 Å². The summed E-state index contributed by atoms with van der Waals surface area (Å²) in [5, 5.41) is 5.80. The molecule has 0 N–H and O–H groups in total. The van der Waals surface area contributed by atoms with E-state index in [1.165, 1.54) is 11.3 Å². The molecule has 8 heteroatoms. The molecule has 0 radical (unpaired) electrons. The maximum Gasteiger partial charge on any atom is 0.289 e. The Balaban J connectivity index is 1.62. The second kappa shape index (κ2) is 6.66. The van der Waals surface area contributed by atoms with E-state index >= 15 is 0 Å². The molecule has 0 unspecified atom stereocenters. The highest BCUT2D eigenvalue weighted by molar-refractivity contribution is 7.07. The molecule has 0 saturated heterocycles. The third-order valence-corrected chi connectivity index (χ3v) is 4.01. The molecular formula is C15H15N3O4S. The fourth-order valence-electron chi connectivity index (χ4n) is 1.93. The number of fused-ring (bicyclic) bond motifs is 1. The zero-order valence-electron chi connectivity index (χ0n) is 12.7. The number of amides is 1. The Bertz CT molecular complexity index is 822. The maximum absolute atomic E-state index is 11.7. The van der Waals surface area contributed by atoms with Gasteiger partial charge in [0.15, 0.2) is 22.9 Å². The third kappa shape index (κ3) is 3.59. The van der Waals surface area contributed by atoms with Gasteiger partial charge in [-0.3, -0.25) is 4.79 Å². The van der Waals surface area contributed by atoms with Crippen molar-refractivity contribution in [3.05, 3.63) is 40.1 Å². The van der Waals surface area contributed by atoms with Gasteiger partial charge in [-0.15, -0.1) is 11.3 Å². The Morgan fingerprint density at radius 2 is 2.22 bits per heavy atom. The monoisotopic (exact) mass is 333 g/mol. The Labute approximate surface area is 136 Å². The average molecular weight is 333 g/mol. The number of oxime groups is 1. The van der Waals surface area contributed by atoms with Crippen LogP contribution in [-0.2, 0) is 16.7 Å². The molecule has 7 nitrogen and oxygen atoms in total. The van der Waals surface area contributed by atoms with E-state index in [0.717, 1.165) is 5.56 Å². The van der Waals surface area contributed by atoms with E-state index in [1.807, 2.05) is 36.8 Å². The molecule has 0 bridgehead atoms. The molecule has 2 aromatic rings. The SMILES string of the molecule is C/C(=N\OCC(=O)N=c1sccn1C)c1ccc2c(c1)OCO2. The molecule has 0 fully saturated rings. The van der Waals surface area contributed by atoms with Crippen molar-refractivity contribution in [3.63, 3.8) is 0 Å². The van der Waals surface area contributed by atoms with Gasteiger partial charge < -0.3 is 18.9 Å². The summed E-state index contributed by atoms with van der Waals surface area (Å²) < 4.78 is 12.3. The summed E-state index contributed by atoms with van der Waals surface area (Å²) in [6, 6.07) is 5.49. The van der Waals surface area contributed by atoms with Crippen molar-refractivity contribution in [1.29, 1.82) is 0 Å². The zero-order chi connectivity index (χ0) is 16.2. The third-order valence-electron chi connectivity index (χ3n) is 3.16. The first-order valence-electron chi connectivity index (χ1n) is 6.88. The van der Waals surface area contributed by atoms with Crippen LogP contribution in [-0.4, -0.2) is 29.6 Å². The van der Waals surface area contributed by atoms with E-state index < -0.39 is 0 Å². The predicted octanol–water partition coefficient (Wildman–Crippen LogP) is 1.68. The molecule has 1 aromatic heterocycles. The number of nitrogens with zero attached hydrogens (tertiary/aromatic N) is 3. The molecule has 0 spiro atoms. The quantitative estimate of drug-likeness (QED) is 0.630. The van der Waals surface area contributed by atoms with Gasteiger partial charge in [0.25, 0.3) is 5.91 Å². The molecule has 0 aliphatic carbocycles. The molecule has 2 heterocycles. The van der Waals surface area contributed by atoms with E-state index in [9.17, 15) is 4.79 Å². The molecule has 1 amide bonds. The van der Waals surface area contributed by atoms with E-state index in [1.54, 1.807) is 11.5 Å². The highest BCUT2D eigenvalue weighted by Gasteiger charge is 2.14. The zero-order valence-corrected chi connectivity index (χ0v) is 13.5. The summed E-state index contributed by atoms with van der Waals surface area (Å²) in [6.45, 7) is 1.81. The second-order valence-electron chi connectivity index (χ2n) is 4.82. The summed E-state index contributed by atoms with van der Waals surface area (Å²) in [6.07, 6.45) is 1.83. The minimum absolute atomic E-state index is 0.209. The van der Waals surface area contributed by atoms with Gasteiger partial charge in [0.1, 0.15) is 0 Å². The lowest BCUT2D eigenvalue weighted by Crippen LogP contribution is -2.15. The molecule has 23 heavy (non-hydrogen) atoms. The van der Waals surface area contributed by atoms with Crippen molar-refractivity contribution >= 4 is 23.0 Å². The van der Waals surface area contributed by atoms with Crippen molar-refractivity contribution in [2.75, 3.05) is 13.4 Å². The normalized spacial score (nSPS) is 14.2. The molecule has 0 saturated carbocycles. The minimum Gasteiger partial charge on any atom is -0.454 e. The Kier molecular flexibility index (Phi) is 4.42. The highest BCUT2D eigenvalue weighted by Crippen LogP contribution is 2.32. The Morgan fingerprint density at radius 1 is 1.39 bits per heavy atom. The largest absolute Gasteiger partial charge is 0.454 e. The van der Waals surface area contributed by atoms with Gasteiger partial charge >= 0.3 is 0 Å². The molecule has 1 aromatic carbocycles. The molecule has 120 valence electrons. The summed E-state index contributed by atoms with van der Waals surface area (Å²) in [7, 11) is 1.82. The standard InChI is InChI=1S/C15H15N3O4S/c1-10(11-3-4-12-13(7-11)21-9-20-12)17-22-8-14(19)16-15-18(2)5-6-23-15/h3-7H,8-9H2,1-2H3/b16-15?,17-10+. The van der Waals surface area contributed by atoms with Gasteiger partial charge in [-0.05, 0) is 25.1 Å². The first-order chi connectivity index (χ1) is 11.1. The Morgan fingerprint density at radius 3 is 3.00 bits per heavy atom. The first kappa shape index (κ1) is 15.3. The molecule has 3 rings (SSSR count). The van der Waals surface area contributed by atoms with Crippen LogP contribution in [0, 0.1) is 0 Å². The van der Waals surface area contributed by atoms with Crippen LogP contribution in [0.3, 0.4) is 0 Å². The molecular weight excluding hydrogens is 318 g/mol. The minimum atomic E-state index is -0.384. The summed E-state index contributed by atoms with van der Waals surface area (Å²) >= 11 is 1.38. The number of carbonyl (C=O) groups excluding carboxylic acids is 1. The van der Waals surface area contributed by atoms with Crippen LogP contribution in [0.1, 0.15) is 12.5 Å². The van der Waals surface area contributed by atoms with Crippen LogP contribution in [0.2, 0.25) is 0 Å². The lowest BCUT2D eigenvalue weighted by Gasteiger charge is -2.02. The molecule has 1 aliphatic rings. The summed E-state index contributed by atoms with van der Waals surface area (Å²) in [5.74, 6) is 0.999. The first-order valence-corrected chi connectivity index (χ1v) is 7.76. The highest BCUT2D eigenvalue weighted by atomic mass is 32.1. The van der Waals surface area contributed by atoms with Crippen molar-refractivity contribution < 1.29 is 19.1 Å². The number of rotatable bonds is 4. The summed E-state index contributed by atoms with van der Waals surface area (Å²) in [4.78, 5) is 21.4. The van der Waals surface area contributed by atoms with Crippen LogP contribution >= 0.6 is 11.3 Å². The van der Waals surface area contributed by atoms with Gasteiger partial charge in [0, 0.05) is 24.2 Å². The molecule has 1 aliphatic heterocycles. The van der Waals surface area contributed by atoms with Crippen LogP contribution in [0.5, 0.6) is 11.5 Å². The van der Waals surface area contributed by atoms with Gasteiger partial charge in [-0.1, -0.05) is 5.16 Å². The van der Waals surface area contributed by atoms with Crippen LogP contribution < -0.4 is 14.3 Å².